The van der Waals surface area contributed by atoms with Crippen LogP contribution in [0.1, 0.15) is 19.3 Å². The number of benzene rings is 1. The molecule has 3 aliphatic rings. The van der Waals surface area contributed by atoms with Crippen LogP contribution in [-0.4, -0.2) is 93.2 Å². The highest BCUT2D eigenvalue weighted by Crippen LogP contribution is 2.26. The average molecular weight is 458 g/mol. The van der Waals surface area contributed by atoms with Gasteiger partial charge in [0.25, 0.3) is 0 Å². The summed E-state index contributed by atoms with van der Waals surface area (Å²) in [4.78, 5) is 16.9. The van der Waals surface area contributed by atoms with E-state index in [0.29, 0.717) is 32.8 Å². The van der Waals surface area contributed by atoms with E-state index in [2.05, 4.69) is 4.90 Å². The lowest BCUT2D eigenvalue weighted by atomic mass is 10.0. The summed E-state index contributed by atoms with van der Waals surface area (Å²) < 4.78 is 38.6. The third-order valence-corrected chi connectivity index (χ3v) is 8.41. The van der Waals surface area contributed by atoms with E-state index in [4.69, 9.17) is 21.1 Å². The van der Waals surface area contributed by atoms with Crippen LogP contribution in [-0.2, 0) is 24.3 Å². The second kappa shape index (κ2) is 9.50. The Morgan fingerprint density at radius 1 is 1.03 bits per heavy atom. The summed E-state index contributed by atoms with van der Waals surface area (Å²) in [6, 6.07) is 6.55. The van der Waals surface area contributed by atoms with Crippen LogP contribution in [0.5, 0.6) is 0 Å². The number of carbonyl (C=O) groups excluding carboxylic acids is 1. The smallest absolute Gasteiger partial charge is 0.244 e. The summed E-state index contributed by atoms with van der Waals surface area (Å²) in [5, 5.41) is 0.212. The third kappa shape index (κ3) is 4.66. The fourth-order valence-electron chi connectivity index (χ4n) is 4.36. The number of halogens is 1. The molecule has 8 nitrogen and oxygen atoms in total. The maximum atomic E-state index is 12.9. The molecule has 0 aliphatic carbocycles. The molecule has 0 radical (unpaired) electrons. The van der Waals surface area contributed by atoms with E-state index in [1.54, 1.807) is 23.1 Å². The number of likely N-dealkylation sites (tertiary alicyclic amines) is 1. The normalized spacial score (nSPS) is 25.0. The molecule has 0 bridgehead atoms. The Morgan fingerprint density at radius 3 is 2.43 bits per heavy atom. The van der Waals surface area contributed by atoms with Crippen LogP contribution in [0.15, 0.2) is 29.2 Å². The minimum Gasteiger partial charge on any atom is -0.349 e. The molecule has 1 aromatic carbocycles. The van der Waals surface area contributed by atoms with Crippen LogP contribution in [0.3, 0.4) is 0 Å². The van der Waals surface area contributed by atoms with Crippen molar-refractivity contribution in [2.45, 2.75) is 36.5 Å². The van der Waals surface area contributed by atoms with E-state index in [-0.39, 0.29) is 41.2 Å². The van der Waals surface area contributed by atoms with Crippen LogP contribution >= 0.6 is 11.6 Å². The molecule has 3 saturated heterocycles. The summed E-state index contributed by atoms with van der Waals surface area (Å²) in [5.41, 5.74) is 0. The summed E-state index contributed by atoms with van der Waals surface area (Å²) in [5.74, 6) is 0.0229. The first kappa shape index (κ1) is 22.0. The lowest BCUT2D eigenvalue weighted by Gasteiger charge is -2.39. The first-order chi connectivity index (χ1) is 14.5. The van der Waals surface area contributed by atoms with Crippen molar-refractivity contribution >= 4 is 27.5 Å². The van der Waals surface area contributed by atoms with Gasteiger partial charge in [-0.25, -0.2) is 8.42 Å². The highest BCUT2D eigenvalue weighted by atomic mass is 35.5. The Balaban J connectivity index is 1.34. The molecule has 166 valence electrons. The van der Waals surface area contributed by atoms with Gasteiger partial charge in [0, 0.05) is 26.2 Å². The molecule has 0 aromatic heterocycles. The van der Waals surface area contributed by atoms with Crippen molar-refractivity contribution < 1.29 is 22.7 Å². The molecule has 1 amide bonds. The van der Waals surface area contributed by atoms with Gasteiger partial charge in [0.2, 0.25) is 15.9 Å². The number of ether oxygens (including phenoxy) is 2. The van der Waals surface area contributed by atoms with Crippen LogP contribution in [0, 0.1) is 0 Å². The SMILES string of the molecule is O=C(CN1CCCC[C@H]1C1OCCO1)N1CCN(S(=O)(=O)c2ccccc2Cl)CC1. The summed E-state index contributed by atoms with van der Waals surface area (Å²) in [7, 11) is -3.67. The quantitative estimate of drug-likeness (QED) is 0.665. The molecule has 0 spiro atoms. The predicted octanol–water partition coefficient (Wildman–Crippen LogP) is 1.40. The number of hydrogen-bond donors (Lipinski definition) is 0. The van der Waals surface area contributed by atoms with Crippen molar-refractivity contribution in [1.82, 2.24) is 14.1 Å². The largest absolute Gasteiger partial charge is 0.349 e. The molecule has 0 saturated carbocycles. The molecule has 30 heavy (non-hydrogen) atoms. The first-order valence-corrected chi connectivity index (χ1v) is 12.3. The predicted molar refractivity (Wildman–Crippen MR) is 112 cm³/mol. The van der Waals surface area contributed by atoms with E-state index < -0.39 is 10.0 Å². The number of rotatable bonds is 5. The van der Waals surface area contributed by atoms with Gasteiger partial charge in [-0.1, -0.05) is 30.2 Å². The number of piperazine rings is 1. The maximum Gasteiger partial charge on any atom is 0.244 e. The standard InChI is InChI=1S/C20H28ClN3O5S/c21-16-5-1-2-7-18(16)30(26,27)24-11-9-22(10-12-24)19(25)15-23-8-4-3-6-17(23)20-28-13-14-29-20/h1-2,5,7,17,20H,3-4,6,8-15H2/t17-/m0/s1. The zero-order valence-corrected chi connectivity index (χ0v) is 18.5. The minimum atomic E-state index is -3.67. The van der Waals surface area contributed by atoms with E-state index in [1.165, 1.54) is 10.4 Å². The van der Waals surface area contributed by atoms with Crippen molar-refractivity contribution in [3.05, 3.63) is 29.3 Å². The van der Waals surface area contributed by atoms with Gasteiger partial charge in [-0.05, 0) is 31.5 Å². The zero-order valence-electron chi connectivity index (χ0n) is 16.9. The molecule has 3 aliphatic heterocycles. The maximum absolute atomic E-state index is 12.9. The van der Waals surface area contributed by atoms with Crippen LogP contribution in [0.4, 0.5) is 0 Å². The molecule has 3 heterocycles. The zero-order chi connectivity index (χ0) is 21.1. The van der Waals surface area contributed by atoms with E-state index in [1.807, 2.05) is 0 Å². The number of carbonyl (C=O) groups is 1. The highest BCUT2D eigenvalue weighted by Gasteiger charge is 2.36. The van der Waals surface area contributed by atoms with Crippen molar-refractivity contribution in [3.8, 4) is 0 Å². The van der Waals surface area contributed by atoms with E-state index in [0.717, 1.165) is 25.8 Å². The van der Waals surface area contributed by atoms with Gasteiger partial charge in [0.15, 0.2) is 6.29 Å². The molecular weight excluding hydrogens is 430 g/mol. The van der Waals surface area contributed by atoms with Crippen molar-refractivity contribution in [3.63, 3.8) is 0 Å². The Kier molecular flexibility index (Phi) is 6.96. The van der Waals surface area contributed by atoms with Crippen LogP contribution < -0.4 is 0 Å². The summed E-state index contributed by atoms with van der Waals surface area (Å²) in [6.07, 6.45) is 2.87. The first-order valence-electron chi connectivity index (χ1n) is 10.5. The highest BCUT2D eigenvalue weighted by molar-refractivity contribution is 7.89. The van der Waals surface area contributed by atoms with Gasteiger partial charge < -0.3 is 14.4 Å². The van der Waals surface area contributed by atoms with Gasteiger partial charge in [-0.2, -0.15) is 4.31 Å². The Bertz CT molecular complexity index is 854. The topological polar surface area (TPSA) is 79.4 Å². The van der Waals surface area contributed by atoms with Crippen molar-refractivity contribution in [2.75, 3.05) is 52.5 Å². The van der Waals surface area contributed by atoms with Gasteiger partial charge in [-0.3, -0.25) is 9.69 Å². The van der Waals surface area contributed by atoms with Gasteiger partial charge >= 0.3 is 0 Å². The van der Waals surface area contributed by atoms with Crippen LogP contribution in [0.25, 0.3) is 0 Å². The minimum absolute atomic E-state index is 0.0229. The summed E-state index contributed by atoms with van der Waals surface area (Å²) >= 11 is 6.09. The summed E-state index contributed by atoms with van der Waals surface area (Å²) in [6.45, 7) is 3.63. The fourth-order valence-corrected chi connectivity index (χ4v) is 6.28. The lowest BCUT2D eigenvalue weighted by Crippen LogP contribution is -2.55. The Morgan fingerprint density at radius 2 is 1.73 bits per heavy atom. The Hall–Kier alpha value is -1.23. The van der Waals surface area contributed by atoms with Crippen molar-refractivity contribution in [1.29, 1.82) is 0 Å². The molecule has 0 unspecified atom stereocenters. The third-order valence-electron chi connectivity index (χ3n) is 6.01. The number of sulfonamides is 1. The number of piperidine rings is 1. The van der Waals surface area contributed by atoms with Gasteiger partial charge in [0.1, 0.15) is 4.90 Å². The Labute approximate surface area is 182 Å². The second-order valence-corrected chi connectivity index (χ2v) is 10.2. The average Bonchev–Trinajstić information content (AvgIpc) is 3.29. The van der Waals surface area contributed by atoms with E-state index >= 15 is 0 Å². The van der Waals surface area contributed by atoms with Gasteiger partial charge in [-0.15, -0.1) is 0 Å². The monoisotopic (exact) mass is 457 g/mol. The number of nitrogens with zero attached hydrogens (tertiary/aromatic N) is 3. The molecule has 4 rings (SSSR count). The molecule has 0 N–H and O–H groups in total. The molecule has 1 aromatic rings. The lowest BCUT2D eigenvalue weighted by molar-refractivity contribution is -0.140. The number of hydrogen-bond acceptors (Lipinski definition) is 6. The second-order valence-electron chi connectivity index (χ2n) is 7.86. The van der Waals surface area contributed by atoms with Gasteiger partial charge in [0.05, 0.1) is 30.8 Å². The molecule has 10 heteroatoms. The van der Waals surface area contributed by atoms with E-state index in [9.17, 15) is 13.2 Å². The fraction of sp³-hybridized carbons (Fsp3) is 0.650. The molecule has 1 atom stereocenters. The number of amides is 1. The molecular formula is C20H28ClN3O5S. The van der Waals surface area contributed by atoms with Crippen LogP contribution in [0.2, 0.25) is 5.02 Å². The van der Waals surface area contributed by atoms with Crippen molar-refractivity contribution in [2.24, 2.45) is 0 Å². The molecule has 3 fully saturated rings.